The summed E-state index contributed by atoms with van der Waals surface area (Å²) < 4.78 is 102. The summed E-state index contributed by atoms with van der Waals surface area (Å²) in [6, 6.07) is 0. The van der Waals surface area contributed by atoms with Crippen LogP contribution in [0.4, 0.5) is 0 Å². The molecule has 78 heavy (non-hydrogen) atoms. The molecule has 16 aliphatic rings. The van der Waals surface area contributed by atoms with Gasteiger partial charge in [0, 0.05) is 57.3 Å². The number of esters is 1. The molecule has 0 aromatic carbocycles. The van der Waals surface area contributed by atoms with E-state index in [1.807, 2.05) is 0 Å². The molecule has 3 spiro atoms. The Labute approximate surface area is 457 Å². The molecule has 0 aromatic heterocycles. The SMILES string of the molecule is C=C1CC2CC[C@@]34OC5[C@H]6O[C@H](CC[C@@H]6O[C@H]6C(O3)[C@](O)(O[C@@H]56)[C@H]4O)CC(=O)O[C@@H]3[C@@H](C)[C@@H]4O[C@@H]5C[C@]6(C[C@@H]7O[C@]8(C[C@H](C)[C@@H]9O[C@H](CC)[C@H](O)C[C@@H]9O8)C[C@H](C)[C@@H]7O6)OC5C[C@@H]4O[C@H]3CC3O[C@@H](CCC1O2)C[C@@H](C)C3=C. The number of hydrogen-bond acceptors (Lipinski definition) is 19. The number of ether oxygens (including phenoxy) is 15. The fraction of sp³-hybridized carbons (Fsp3) is 0.915. The summed E-state index contributed by atoms with van der Waals surface area (Å²) in [6.45, 7) is 19.8. The van der Waals surface area contributed by atoms with E-state index in [0.717, 1.165) is 36.8 Å². The van der Waals surface area contributed by atoms with E-state index in [9.17, 15) is 20.1 Å². The monoisotopic (exact) mass is 1100 g/mol. The number of carbonyl (C=O) groups is 1. The molecule has 3 N–H and O–H groups in total. The van der Waals surface area contributed by atoms with E-state index in [4.69, 9.17) is 71.1 Å². The number of hydrogen-bond donors (Lipinski definition) is 3. The van der Waals surface area contributed by atoms with Gasteiger partial charge >= 0.3 is 5.97 Å². The molecule has 16 fully saturated rings. The predicted molar refractivity (Wildman–Crippen MR) is 269 cm³/mol. The van der Waals surface area contributed by atoms with Crippen LogP contribution in [0.2, 0.25) is 0 Å². The minimum absolute atomic E-state index is 0.0226. The van der Waals surface area contributed by atoms with Crippen LogP contribution in [0.3, 0.4) is 0 Å². The summed E-state index contributed by atoms with van der Waals surface area (Å²) in [4.78, 5) is 14.6. The second-order valence-electron chi connectivity index (χ2n) is 27.1. The lowest BCUT2D eigenvalue weighted by atomic mass is 9.78. The number of aliphatic hydroxyl groups excluding tert-OH is 2. The van der Waals surface area contributed by atoms with Crippen molar-refractivity contribution >= 4 is 5.97 Å². The lowest BCUT2D eigenvalue weighted by molar-refractivity contribution is -0.371. The first kappa shape index (κ1) is 53.0. The molecule has 0 aliphatic carbocycles. The van der Waals surface area contributed by atoms with E-state index in [0.29, 0.717) is 70.6 Å². The van der Waals surface area contributed by atoms with Gasteiger partial charge in [-0.3, -0.25) is 4.79 Å². The van der Waals surface area contributed by atoms with E-state index in [-0.39, 0.29) is 110 Å². The molecule has 16 saturated heterocycles. The highest BCUT2D eigenvalue weighted by Crippen LogP contribution is 2.59. The smallest absolute Gasteiger partial charge is 0.308 e. The average molecular weight is 1100 g/mol. The molecule has 6 unspecified atom stereocenters. The second kappa shape index (κ2) is 19.1. The zero-order valence-corrected chi connectivity index (χ0v) is 46.0. The van der Waals surface area contributed by atoms with E-state index >= 15 is 0 Å². The van der Waals surface area contributed by atoms with Gasteiger partial charge < -0.3 is 86.4 Å². The fourth-order valence-corrected chi connectivity index (χ4v) is 18.0. The van der Waals surface area contributed by atoms with Gasteiger partial charge in [0.25, 0.3) is 0 Å². The van der Waals surface area contributed by atoms with Crippen LogP contribution in [0.15, 0.2) is 24.3 Å². The lowest BCUT2D eigenvalue weighted by Gasteiger charge is -2.54. The van der Waals surface area contributed by atoms with Crippen LogP contribution in [0.5, 0.6) is 0 Å². The third-order valence-corrected chi connectivity index (χ3v) is 21.9. The van der Waals surface area contributed by atoms with Gasteiger partial charge in [-0.2, -0.15) is 0 Å². The third-order valence-electron chi connectivity index (χ3n) is 21.9. The Morgan fingerprint density at radius 2 is 1.24 bits per heavy atom. The molecule has 0 amide bonds. The van der Waals surface area contributed by atoms with Gasteiger partial charge in [0.1, 0.15) is 36.6 Å². The third kappa shape index (κ3) is 8.45. The molecule has 0 aromatic rings. The maximum Gasteiger partial charge on any atom is 0.308 e. The van der Waals surface area contributed by atoms with Crippen LogP contribution in [-0.2, 0) is 75.8 Å². The molecule has 16 aliphatic heterocycles. The molecule has 0 saturated carbocycles. The van der Waals surface area contributed by atoms with Crippen LogP contribution < -0.4 is 0 Å². The largest absolute Gasteiger partial charge is 0.459 e. The fourth-order valence-electron chi connectivity index (χ4n) is 18.0. The first-order chi connectivity index (χ1) is 37.4. The van der Waals surface area contributed by atoms with Crippen molar-refractivity contribution in [3.05, 3.63) is 24.3 Å². The summed E-state index contributed by atoms with van der Waals surface area (Å²) in [6.07, 6.45) is -1.58. The molecule has 19 heteroatoms. The van der Waals surface area contributed by atoms with Crippen molar-refractivity contribution in [3.8, 4) is 0 Å². The van der Waals surface area contributed by atoms with Crippen molar-refractivity contribution in [1.82, 2.24) is 0 Å². The zero-order chi connectivity index (χ0) is 53.5. The van der Waals surface area contributed by atoms with Crippen molar-refractivity contribution in [2.24, 2.45) is 23.7 Å². The van der Waals surface area contributed by atoms with Gasteiger partial charge in [-0.05, 0) is 80.3 Å². The lowest BCUT2D eigenvalue weighted by Crippen LogP contribution is -2.63. The minimum atomic E-state index is -2.02. The molecule has 32 atom stereocenters. The molecule has 16 heterocycles. The molecule has 12 bridgehead atoms. The highest BCUT2D eigenvalue weighted by molar-refractivity contribution is 5.70. The molecule has 19 nitrogen and oxygen atoms in total. The average Bonchev–Trinajstić information content (AvgIpc) is 3.90. The van der Waals surface area contributed by atoms with Crippen molar-refractivity contribution < 1.29 is 91.2 Å². The normalized spacial score (nSPS) is 60.0. The Balaban J connectivity index is 0.674. The Kier molecular flexibility index (Phi) is 13.0. The Morgan fingerprint density at radius 1 is 0.538 bits per heavy atom. The van der Waals surface area contributed by atoms with Crippen LogP contribution in [0.25, 0.3) is 0 Å². The van der Waals surface area contributed by atoms with Crippen molar-refractivity contribution in [1.29, 1.82) is 0 Å². The maximum atomic E-state index is 14.6. The highest BCUT2D eigenvalue weighted by atomic mass is 16.8. The van der Waals surface area contributed by atoms with Crippen LogP contribution in [-0.4, -0.2) is 191 Å². The molecule has 0 radical (unpaired) electrons. The molecule has 434 valence electrons. The van der Waals surface area contributed by atoms with Gasteiger partial charge in [-0.25, -0.2) is 0 Å². The summed E-state index contributed by atoms with van der Waals surface area (Å²) >= 11 is 0. The first-order valence-corrected chi connectivity index (χ1v) is 30.4. The van der Waals surface area contributed by atoms with Crippen molar-refractivity contribution in [3.63, 3.8) is 0 Å². The van der Waals surface area contributed by atoms with Crippen molar-refractivity contribution in [2.45, 2.75) is 313 Å². The quantitative estimate of drug-likeness (QED) is 0.236. The number of fused-ring (bicyclic) bond motifs is 10. The zero-order valence-electron chi connectivity index (χ0n) is 46.0. The van der Waals surface area contributed by atoms with Crippen LogP contribution in [0, 0.1) is 23.7 Å². The maximum absolute atomic E-state index is 14.6. The van der Waals surface area contributed by atoms with Crippen LogP contribution >= 0.6 is 0 Å². The number of rotatable bonds is 1. The first-order valence-electron chi connectivity index (χ1n) is 30.4. The standard InChI is InChI=1S/C59H84O19/c1-8-35-34(60)18-42-46(68-35)27(4)21-56(73-42)22-28(5)47-44(74-56)24-57(75-47)23-43-39(72-57)20-41-48(70-43)30(7)49-40(67-41)19-38-29(6)25(2)15-31(65-38)9-11-36-26(3)16-33(64-36)13-14-58-55(62)59(63)54(78-58)53-52(77-59)51(76-58)50-37(69-53)12-10-32(66-50)17-45(61)71-49/h25,27-28,30-44,46-55,60,62-63H,3,6,8-24H2,1-2,4-5,7H3/t25-,27+,28+,30+,31+,32-,33?,34-,35-,36?,37+,38?,39?,40+,41+,42+,43-,44+,46+,47+,48+,49-,50+,51?,52+,53-,54?,55+,56-,57+,58-,59+/m1/s1. The summed E-state index contributed by atoms with van der Waals surface area (Å²) in [5, 5.41) is 34.7. The van der Waals surface area contributed by atoms with Crippen molar-refractivity contribution in [2.75, 3.05) is 0 Å². The van der Waals surface area contributed by atoms with Gasteiger partial charge in [0.2, 0.25) is 11.6 Å². The summed E-state index contributed by atoms with van der Waals surface area (Å²) in [5.41, 5.74) is 2.02. The van der Waals surface area contributed by atoms with E-state index < -0.39 is 102 Å². The van der Waals surface area contributed by atoms with Gasteiger partial charge in [0.15, 0.2) is 17.7 Å². The van der Waals surface area contributed by atoms with Gasteiger partial charge in [-0.15, -0.1) is 0 Å². The Hall–Kier alpha value is -1.73. The van der Waals surface area contributed by atoms with E-state index in [2.05, 4.69) is 47.8 Å². The van der Waals surface area contributed by atoms with Gasteiger partial charge in [-0.1, -0.05) is 47.8 Å². The molecule has 16 rings (SSSR count). The highest BCUT2D eigenvalue weighted by Gasteiger charge is 2.79. The Morgan fingerprint density at radius 3 is 2.08 bits per heavy atom. The molecular formula is C59H84O19. The van der Waals surface area contributed by atoms with E-state index in [1.165, 1.54) is 0 Å². The topological polar surface area (TPSA) is 216 Å². The summed E-state index contributed by atoms with van der Waals surface area (Å²) in [7, 11) is 0. The number of aliphatic hydroxyl groups is 3. The van der Waals surface area contributed by atoms with Gasteiger partial charge in [0.05, 0.1) is 110 Å². The Bertz CT molecular complexity index is 2360. The second-order valence-corrected chi connectivity index (χ2v) is 27.1. The molecular weight excluding hydrogens is 1010 g/mol. The summed E-state index contributed by atoms with van der Waals surface area (Å²) in [5.74, 6) is -5.50. The number of carbonyl (C=O) groups excluding carboxylic acids is 1. The minimum Gasteiger partial charge on any atom is -0.459 e. The van der Waals surface area contributed by atoms with Crippen LogP contribution in [0.1, 0.15) is 144 Å². The van der Waals surface area contributed by atoms with E-state index in [1.54, 1.807) is 0 Å². The predicted octanol–water partition coefficient (Wildman–Crippen LogP) is 4.88.